The molecule has 6 nitrogen and oxygen atoms in total. The zero-order valence-electron chi connectivity index (χ0n) is 14.1. The van der Waals surface area contributed by atoms with Crippen LogP contribution in [0.25, 0.3) is 5.53 Å². The van der Waals surface area contributed by atoms with Crippen molar-refractivity contribution in [1.82, 2.24) is 0 Å². The monoisotopic (exact) mass is 370 g/mol. The first-order valence-corrected chi connectivity index (χ1v) is 10.9. The van der Waals surface area contributed by atoms with Crippen LogP contribution in [0.15, 0.2) is 17.0 Å². The van der Waals surface area contributed by atoms with Gasteiger partial charge in [-0.2, -0.15) is 0 Å². The lowest BCUT2D eigenvalue weighted by atomic mass is 10.0. The summed E-state index contributed by atoms with van der Waals surface area (Å²) in [6, 6.07) is 3.34. The molecule has 1 fully saturated rings. The molecule has 1 aromatic carbocycles. The van der Waals surface area contributed by atoms with E-state index in [0.717, 1.165) is 24.8 Å². The molecule has 0 aliphatic heterocycles. The highest BCUT2D eigenvalue weighted by atomic mass is 32.3. The molecule has 2 rings (SSSR count). The molecule has 0 unspecified atom stereocenters. The number of benzene rings is 1. The van der Waals surface area contributed by atoms with Gasteiger partial charge in [0.15, 0.2) is 0 Å². The van der Waals surface area contributed by atoms with Gasteiger partial charge in [-0.3, -0.25) is 0 Å². The molecule has 1 aliphatic rings. The van der Waals surface area contributed by atoms with Gasteiger partial charge in [-0.05, 0) is 44.7 Å². The summed E-state index contributed by atoms with van der Waals surface area (Å²) in [5.41, 5.74) is 11.0. The molecular weight excluding hydrogens is 348 g/mol. The van der Waals surface area contributed by atoms with Gasteiger partial charge in [-0.15, -0.1) is 4.79 Å². The number of aryl methyl sites for hydroxylation is 3. The second-order valence-corrected chi connectivity index (χ2v) is 10.6. The van der Waals surface area contributed by atoms with Gasteiger partial charge < -0.3 is 5.53 Å². The van der Waals surface area contributed by atoms with Gasteiger partial charge in [-0.25, -0.2) is 16.8 Å². The van der Waals surface area contributed by atoms with E-state index in [4.69, 9.17) is 0 Å². The van der Waals surface area contributed by atoms with Crippen LogP contribution < -0.4 is 0 Å². The molecular formula is C16H22N2O4S2. The summed E-state index contributed by atoms with van der Waals surface area (Å²) in [5.74, 6) is 0. The maximum atomic E-state index is 12.9. The van der Waals surface area contributed by atoms with Crippen LogP contribution in [0.1, 0.15) is 48.8 Å². The van der Waals surface area contributed by atoms with Gasteiger partial charge in [-0.1, -0.05) is 37.0 Å². The van der Waals surface area contributed by atoms with Crippen molar-refractivity contribution in [2.75, 3.05) is 0 Å². The topological polar surface area (TPSA) is 105 Å². The third-order valence-corrected chi connectivity index (χ3v) is 9.41. The molecule has 24 heavy (non-hydrogen) atoms. The fraction of sp³-hybridized carbons (Fsp3) is 0.562. The average molecular weight is 370 g/mol. The van der Waals surface area contributed by atoms with E-state index in [1.54, 1.807) is 26.0 Å². The second-order valence-electron chi connectivity index (χ2n) is 6.40. The van der Waals surface area contributed by atoms with E-state index in [2.05, 4.69) is 4.79 Å². The molecule has 1 aliphatic carbocycles. The minimum absolute atomic E-state index is 0.0970. The van der Waals surface area contributed by atoms with E-state index in [0.29, 0.717) is 24.0 Å². The molecule has 1 aromatic rings. The van der Waals surface area contributed by atoms with Crippen molar-refractivity contribution in [3.8, 4) is 0 Å². The van der Waals surface area contributed by atoms with Crippen molar-refractivity contribution in [2.24, 2.45) is 0 Å². The van der Waals surface area contributed by atoms with E-state index >= 15 is 0 Å². The van der Waals surface area contributed by atoms with E-state index < -0.39 is 29.3 Å². The number of rotatable bonds is 2. The summed E-state index contributed by atoms with van der Waals surface area (Å²) in [5, 5.41) is -0.807. The summed E-state index contributed by atoms with van der Waals surface area (Å²) in [7, 11) is -8.64. The van der Waals surface area contributed by atoms with Crippen LogP contribution in [0, 0.1) is 20.8 Å². The van der Waals surface area contributed by atoms with Crippen LogP contribution in [-0.4, -0.2) is 31.3 Å². The Morgan fingerprint density at radius 2 is 1.50 bits per heavy atom. The Bertz CT molecular complexity index is 882. The highest BCUT2D eigenvalue weighted by Gasteiger charge is 2.48. The summed E-state index contributed by atoms with van der Waals surface area (Å²) < 4.78 is 50.3. The molecule has 0 spiro atoms. The van der Waals surface area contributed by atoms with Crippen molar-refractivity contribution < 1.29 is 21.6 Å². The highest BCUT2D eigenvalue weighted by molar-refractivity contribution is 8.31. The minimum Gasteiger partial charge on any atom is -0.359 e. The molecule has 1 saturated carbocycles. The second kappa shape index (κ2) is 6.78. The average Bonchev–Trinajstić information content (AvgIpc) is 2.46. The standard InChI is InChI=1S/C16H22N2O4S2/c1-11-9-12(2)15(13(3)10-11)24(21,22)16(18-17)23(19,20)14-7-5-4-6-8-14/h9-10,14H,4-8H2,1-3H3. The third kappa shape index (κ3) is 3.31. The van der Waals surface area contributed by atoms with E-state index in [1.165, 1.54) is 0 Å². The lowest BCUT2D eigenvalue weighted by Crippen LogP contribution is -2.36. The first-order chi connectivity index (χ1) is 11.1. The Kier molecular flexibility index (Phi) is 5.32. The molecule has 8 heteroatoms. The van der Waals surface area contributed by atoms with Gasteiger partial charge >= 0.3 is 4.38 Å². The molecule has 132 valence electrons. The van der Waals surface area contributed by atoms with Crippen molar-refractivity contribution >= 4 is 24.1 Å². The van der Waals surface area contributed by atoms with E-state index in [9.17, 15) is 22.4 Å². The van der Waals surface area contributed by atoms with Crippen molar-refractivity contribution in [3.63, 3.8) is 0 Å². The third-order valence-electron chi connectivity index (χ3n) is 4.42. The molecule has 0 radical (unpaired) electrons. The molecule has 0 bridgehead atoms. The normalized spacial score (nSPS) is 16.6. The van der Waals surface area contributed by atoms with Gasteiger partial charge in [0.2, 0.25) is 0 Å². The molecule has 0 saturated heterocycles. The quantitative estimate of drug-likeness (QED) is 0.345. The fourth-order valence-electron chi connectivity index (χ4n) is 3.46. The van der Waals surface area contributed by atoms with Crippen LogP contribution in [0.3, 0.4) is 0 Å². The zero-order chi connectivity index (χ0) is 18.1. The predicted octanol–water partition coefficient (Wildman–Crippen LogP) is 2.72. The van der Waals surface area contributed by atoms with E-state index in [1.807, 2.05) is 6.92 Å². The number of hydrogen-bond acceptors (Lipinski definition) is 4. The van der Waals surface area contributed by atoms with Crippen molar-refractivity contribution in [1.29, 1.82) is 0 Å². The predicted molar refractivity (Wildman–Crippen MR) is 92.3 cm³/mol. The van der Waals surface area contributed by atoms with Crippen LogP contribution in [-0.2, 0) is 19.7 Å². The van der Waals surface area contributed by atoms with Crippen LogP contribution >= 0.6 is 0 Å². The molecule has 0 aromatic heterocycles. The van der Waals surface area contributed by atoms with Gasteiger partial charge in [0.05, 0.1) is 10.1 Å². The molecule has 0 heterocycles. The first kappa shape index (κ1) is 18.8. The Morgan fingerprint density at radius 1 is 1.00 bits per heavy atom. The smallest absolute Gasteiger partial charge is 0.359 e. The van der Waals surface area contributed by atoms with Crippen LogP contribution in [0.4, 0.5) is 0 Å². The van der Waals surface area contributed by atoms with Crippen LogP contribution in [0.2, 0.25) is 0 Å². The Hall–Kier alpha value is -1.50. The van der Waals surface area contributed by atoms with Crippen molar-refractivity contribution in [3.05, 3.63) is 34.4 Å². The molecule has 0 atom stereocenters. The van der Waals surface area contributed by atoms with Gasteiger partial charge in [0.1, 0.15) is 0 Å². The summed E-state index contributed by atoms with van der Waals surface area (Å²) in [4.78, 5) is 2.63. The summed E-state index contributed by atoms with van der Waals surface area (Å²) in [6.45, 7) is 5.04. The largest absolute Gasteiger partial charge is 0.499 e. The van der Waals surface area contributed by atoms with E-state index in [-0.39, 0.29) is 4.90 Å². The summed E-state index contributed by atoms with van der Waals surface area (Å²) >= 11 is 0. The van der Waals surface area contributed by atoms with Crippen LogP contribution in [0.5, 0.6) is 0 Å². The maximum absolute atomic E-state index is 12.9. The fourth-order valence-corrected chi connectivity index (χ4v) is 7.94. The Balaban J connectivity index is 2.61. The lowest BCUT2D eigenvalue weighted by molar-refractivity contribution is 0.00369. The maximum Gasteiger partial charge on any atom is 0.499 e. The number of nitrogens with zero attached hydrogens (tertiary/aromatic N) is 2. The van der Waals surface area contributed by atoms with Gasteiger partial charge in [0, 0.05) is 0 Å². The molecule has 0 N–H and O–H groups in total. The lowest BCUT2D eigenvalue weighted by Gasteiger charge is -2.19. The number of sulfone groups is 2. The van der Waals surface area contributed by atoms with Crippen molar-refractivity contribution in [2.45, 2.75) is 63.0 Å². The SMILES string of the molecule is Cc1cc(C)c(S(=O)(=O)C(=[N+]=[N-])S(=O)(=O)C2CCCCC2)c(C)c1. The summed E-state index contributed by atoms with van der Waals surface area (Å²) in [6.07, 6.45) is 3.17. The zero-order valence-corrected chi connectivity index (χ0v) is 15.7. The minimum atomic E-state index is -4.42. The van der Waals surface area contributed by atoms with Gasteiger partial charge in [0.25, 0.3) is 19.7 Å². The Morgan fingerprint density at radius 3 is 1.96 bits per heavy atom. The molecule has 0 amide bonds. The number of hydrogen-bond donors (Lipinski definition) is 0. The highest BCUT2D eigenvalue weighted by Crippen LogP contribution is 2.29. The Labute approximate surface area is 143 Å². The first-order valence-electron chi connectivity index (χ1n) is 7.91.